The Balaban J connectivity index is 1.79. The van der Waals surface area contributed by atoms with Crippen molar-refractivity contribution in [3.63, 3.8) is 0 Å². The minimum Gasteiger partial charge on any atom is -0.464 e. The minimum atomic E-state index is -4.65. The second kappa shape index (κ2) is 11.7. The summed E-state index contributed by atoms with van der Waals surface area (Å²) in [6.45, 7) is 3.56. The van der Waals surface area contributed by atoms with Gasteiger partial charge in [0.15, 0.2) is 0 Å². The van der Waals surface area contributed by atoms with E-state index in [4.69, 9.17) is 4.42 Å². The number of hydrogen-bond acceptors (Lipinski definition) is 3. The number of rotatable bonds is 9. The summed E-state index contributed by atoms with van der Waals surface area (Å²) in [7, 11) is 0. The van der Waals surface area contributed by atoms with Crippen LogP contribution in [0.1, 0.15) is 36.0 Å². The predicted molar refractivity (Wildman–Crippen MR) is 126 cm³/mol. The van der Waals surface area contributed by atoms with E-state index in [0.29, 0.717) is 23.5 Å². The van der Waals surface area contributed by atoms with Crippen LogP contribution < -0.4 is 5.32 Å². The topological polar surface area (TPSA) is 65.8 Å². The normalized spacial score (nSPS) is 11.3. The van der Waals surface area contributed by atoms with E-state index < -0.39 is 35.2 Å². The van der Waals surface area contributed by atoms with E-state index in [1.54, 1.807) is 38.1 Å². The highest BCUT2D eigenvalue weighted by molar-refractivity contribution is 5.93. The Hall–Kier alpha value is -3.82. The van der Waals surface area contributed by atoms with Crippen molar-refractivity contribution in [1.82, 2.24) is 9.80 Å². The lowest BCUT2D eigenvalue weighted by Crippen LogP contribution is -2.44. The Labute approximate surface area is 206 Å². The molecule has 2 aromatic carbocycles. The van der Waals surface area contributed by atoms with Gasteiger partial charge in [-0.3, -0.25) is 4.79 Å². The summed E-state index contributed by atoms with van der Waals surface area (Å²) in [5.74, 6) is 0.326. The molecular weight excluding hydrogens is 478 g/mol. The first-order chi connectivity index (χ1) is 17.1. The lowest BCUT2D eigenvalue weighted by molar-refractivity contribution is -0.137. The van der Waals surface area contributed by atoms with Crippen molar-refractivity contribution in [2.75, 3.05) is 18.4 Å². The maximum Gasteiger partial charge on any atom is 0.418 e. The molecule has 0 saturated carbocycles. The van der Waals surface area contributed by atoms with Crippen molar-refractivity contribution in [2.45, 2.75) is 39.5 Å². The summed E-state index contributed by atoms with van der Waals surface area (Å²) in [4.78, 5) is 28.8. The van der Waals surface area contributed by atoms with Gasteiger partial charge in [0.05, 0.1) is 17.8 Å². The number of nitrogens with one attached hydrogen (secondary N) is 1. The van der Waals surface area contributed by atoms with Gasteiger partial charge in [-0.05, 0) is 55.3 Å². The summed E-state index contributed by atoms with van der Waals surface area (Å²) >= 11 is 0. The van der Waals surface area contributed by atoms with E-state index in [2.05, 4.69) is 5.32 Å². The molecular formula is C26H27F4N3O3. The maximum absolute atomic E-state index is 13.3. The monoisotopic (exact) mass is 505 g/mol. The SMILES string of the molecule is CCCN(CC(=O)N(Cc1ccc(F)cc1)Cc1ccc(C)o1)C(=O)Nc1ccccc1C(F)(F)F. The van der Waals surface area contributed by atoms with E-state index >= 15 is 0 Å². The number of hydrogen-bond donors (Lipinski definition) is 1. The zero-order valence-electron chi connectivity index (χ0n) is 19.9. The second-order valence-electron chi connectivity index (χ2n) is 8.28. The fraction of sp³-hybridized carbons (Fsp3) is 0.308. The molecule has 3 aromatic rings. The van der Waals surface area contributed by atoms with Gasteiger partial charge in [0.2, 0.25) is 5.91 Å². The number of aryl methyl sites for hydroxylation is 1. The van der Waals surface area contributed by atoms with Crippen molar-refractivity contribution < 1.29 is 31.6 Å². The number of furan rings is 1. The highest BCUT2D eigenvalue weighted by Crippen LogP contribution is 2.34. The zero-order chi connectivity index (χ0) is 26.3. The summed E-state index contributed by atoms with van der Waals surface area (Å²) in [6.07, 6.45) is -4.17. The Morgan fingerprint density at radius 2 is 1.64 bits per heavy atom. The second-order valence-corrected chi connectivity index (χ2v) is 8.28. The summed E-state index contributed by atoms with van der Waals surface area (Å²) in [6, 6.07) is 13.0. The van der Waals surface area contributed by atoms with Crippen LogP contribution in [0.3, 0.4) is 0 Å². The summed E-state index contributed by atoms with van der Waals surface area (Å²) in [5, 5.41) is 2.29. The predicted octanol–water partition coefficient (Wildman–Crippen LogP) is 6.22. The first-order valence-corrected chi connectivity index (χ1v) is 11.4. The minimum absolute atomic E-state index is 0.0997. The molecule has 0 aliphatic carbocycles. The maximum atomic E-state index is 13.3. The molecule has 0 spiro atoms. The van der Waals surface area contributed by atoms with Gasteiger partial charge in [-0.2, -0.15) is 13.2 Å². The van der Waals surface area contributed by atoms with Gasteiger partial charge >= 0.3 is 12.2 Å². The third-order valence-electron chi connectivity index (χ3n) is 5.36. The highest BCUT2D eigenvalue weighted by atomic mass is 19.4. The fourth-order valence-electron chi connectivity index (χ4n) is 3.62. The summed E-state index contributed by atoms with van der Waals surface area (Å²) in [5.41, 5.74) is -0.705. The molecule has 0 fully saturated rings. The molecule has 1 aromatic heterocycles. The number of halogens is 4. The van der Waals surface area contributed by atoms with E-state index in [9.17, 15) is 27.2 Å². The lowest BCUT2D eigenvalue weighted by atomic mass is 10.1. The number of carbonyl (C=O) groups is 2. The molecule has 0 aliphatic heterocycles. The molecule has 0 bridgehead atoms. The third kappa shape index (κ3) is 7.34. The van der Waals surface area contributed by atoms with Crippen LogP contribution in [0, 0.1) is 12.7 Å². The van der Waals surface area contributed by atoms with E-state index in [1.807, 2.05) is 0 Å². The van der Waals surface area contributed by atoms with Crippen LogP contribution in [-0.4, -0.2) is 34.8 Å². The Morgan fingerprint density at radius 3 is 2.25 bits per heavy atom. The van der Waals surface area contributed by atoms with Crippen LogP contribution in [0.25, 0.3) is 0 Å². The van der Waals surface area contributed by atoms with Crippen molar-refractivity contribution >= 4 is 17.6 Å². The Kier molecular flexibility index (Phi) is 8.73. The van der Waals surface area contributed by atoms with Crippen LogP contribution in [0.2, 0.25) is 0 Å². The van der Waals surface area contributed by atoms with Gasteiger partial charge in [-0.1, -0.05) is 31.2 Å². The number of para-hydroxylation sites is 1. The van der Waals surface area contributed by atoms with E-state index in [1.165, 1.54) is 34.1 Å². The van der Waals surface area contributed by atoms with Crippen molar-refractivity contribution in [3.8, 4) is 0 Å². The molecule has 0 atom stereocenters. The molecule has 3 amide bonds. The third-order valence-corrected chi connectivity index (χ3v) is 5.36. The van der Waals surface area contributed by atoms with Crippen LogP contribution >= 0.6 is 0 Å². The zero-order valence-corrected chi connectivity index (χ0v) is 19.9. The molecule has 1 heterocycles. The number of anilines is 1. The Morgan fingerprint density at radius 1 is 0.944 bits per heavy atom. The molecule has 0 radical (unpaired) electrons. The van der Waals surface area contributed by atoms with Gasteiger partial charge in [0, 0.05) is 13.1 Å². The average molecular weight is 506 g/mol. The lowest BCUT2D eigenvalue weighted by Gasteiger charge is -2.27. The molecule has 1 N–H and O–H groups in total. The summed E-state index contributed by atoms with van der Waals surface area (Å²) < 4.78 is 59.0. The van der Waals surface area contributed by atoms with Gasteiger partial charge in [0.25, 0.3) is 0 Å². The van der Waals surface area contributed by atoms with Gasteiger partial charge in [0.1, 0.15) is 23.9 Å². The molecule has 192 valence electrons. The van der Waals surface area contributed by atoms with E-state index in [-0.39, 0.29) is 26.2 Å². The van der Waals surface area contributed by atoms with Crippen LogP contribution in [0.15, 0.2) is 65.1 Å². The van der Waals surface area contributed by atoms with Gasteiger partial charge < -0.3 is 19.5 Å². The van der Waals surface area contributed by atoms with Crippen LogP contribution in [0.5, 0.6) is 0 Å². The molecule has 0 saturated heterocycles. The van der Waals surface area contributed by atoms with Crippen molar-refractivity contribution in [2.24, 2.45) is 0 Å². The van der Waals surface area contributed by atoms with Gasteiger partial charge in [-0.25, -0.2) is 9.18 Å². The number of amides is 3. The van der Waals surface area contributed by atoms with Crippen LogP contribution in [-0.2, 0) is 24.1 Å². The quantitative estimate of drug-likeness (QED) is 0.351. The van der Waals surface area contributed by atoms with Crippen LogP contribution in [0.4, 0.5) is 28.0 Å². The average Bonchev–Trinajstić information content (AvgIpc) is 3.23. The van der Waals surface area contributed by atoms with Crippen molar-refractivity contribution in [3.05, 3.63) is 89.1 Å². The molecule has 36 heavy (non-hydrogen) atoms. The molecule has 10 heteroatoms. The smallest absolute Gasteiger partial charge is 0.418 e. The molecule has 6 nitrogen and oxygen atoms in total. The number of nitrogens with zero attached hydrogens (tertiary/aromatic N) is 2. The number of benzene rings is 2. The number of urea groups is 1. The largest absolute Gasteiger partial charge is 0.464 e. The number of carbonyl (C=O) groups excluding carboxylic acids is 2. The van der Waals surface area contributed by atoms with Gasteiger partial charge in [-0.15, -0.1) is 0 Å². The Bertz CT molecular complexity index is 1180. The van der Waals surface area contributed by atoms with Crippen molar-refractivity contribution in [1.29, 1.82) is 0 Å². The standard InChI is InChI=1S/C26H27F4N3O3/c1-3-14-32(25(35)31-23-7-5-4-6-22(23)26(28,29)30)17-24(34)33(16-21-13-8-18(2)36-21)15-19-9-11-20(27)12-10-19/h4-13H,3,14-17H2,1-2H3,(H,31,35). The molecule has 0 aliphatic rings. The first kappa shape index (κ1) is 26.8. The number of alkyl halides is 3. The first-order valence-electron chi connectivity index (χ1n) is 11.4. The molecule has 3 rings (SSSR count). The highest BCUT2D eigenvalue weighted by Gasteiger charge is 2.34. The van der Waals surface area contributed by atoms with E-state index in [0.717, 1.165) is 12.1 Å². The molecule has 0 unspecified atom stereocenters. The fourth-order valence-corrected chi connectivity index (χ4v) is 3.62.